The van der Waals surface area contributed by atoms with Crippen LogP contribution in [-0.2, 0) is 13.6 Å². The molecule has 0 aliphatic carbocycles. The first-order chi connectivity index (χ1) is 9.72. The standard InChI is InChI=1S/C14H15N5O/c1-10-5-12(14-18-16-9-20-14)3-4-13(10)15-6-11-7-17-19(2)8-11/h3-5,7-9,15H,6H2,1-2H3. The summed E-state index contributed by atoms with van der Waals surface area (Å²) in [4.78, 5) is 0. The van der Waals surface area contributed by atoms with Gasteiger partial charge in [-0.15, -0.1) is 10.2 Å². The third-order valence-corrected chi connectivity index (χ3v) is 3.07. The van der Waals surface area contributed by atoms with E-state index in [0.717, 1.165) is 28.9 Å². The van der Waals surface area contributed by atoms with Gasteiger partial charge in [0.15, 0.2) is 0 Å². The van der Waals surface area contributed by atoms with Gasteiger partial charge in [-0.1, -0.05) is 0 Å². The zero-order valence-electron chi connectivity index (χ0n) is 11.4. The minimum atomic E-state index is 0.534. The largest absolute Gasteiger partial charge is 0.423 e. The predicted octanol–water partition coefficient (Wildman–Crippen LogP) is 2.39. The second kappa shape index (κ2) is 5.16. The van der Waals surface area contributed by atoms with Crippen molar-refractivity contribution in [2.24, 2.45) is 7.05 Å². The number of aryl methyl sites for hydroxylation is 2. The molecule has 0 saturated heterocycles. The van der Waals surface area contributed by atoms with Crippen molar-refractivity contribution in [3.8, 4) is 11.5 Å². The maximum atomic E-state index is 5.19. The van der Waals surface area contributed by atoms with E-state index in [4.69, 9.17) is 4.42 Å². The van der Waals surface area contributed by atoms with Crippen LogP contribution in [0.5, 0.6) is 0 Å². The molecule has 0 aliphatic rings. The maximum absolute atomic E-state index is 5.19. The van der Waals surface area contributed by atoms with E-state index in [2.05, 4.69) is 20.6 Å². The van der Waals surface area contributed by atoms with Gasteiger partial charge in [0.05, 0.1) is 6.20 Å². The third-order valence-electron chi connectivity index (χ3n) is 3.07. The lowest BCUT2D eigenvalue weighted by Crippen LogP contribution is -2.00. The summed E-state index contributed by atoms with van der Waals surface area (Å²) in [6.45, 7) is 2.79. The van der Waals surface area contributed by atoms with Crippen LogP contribution in [0.25, 0.3) is 11.5 Å². The lowest BCUT2D eigenvalue weighted by atomic mass is 10.1. The summed E-state index contributed by atoms with van der Waals surface area (Å²) in [6, 6.07) is 6.01. The molecule has 0 radical (unpaired) electrons. The van der Waals surface area contributed by atoms with Gasteiger partial charge in [0.2, 0.25) is 12.3 Å². The van der Waals surface area contributed by atoms with Gasteiger partial charge in [-0.2, -0.15) is 5.10 Å². The lowest BCUT2D eigenvalue weighted by Gasteiger charge is -2.09. The highest BCUT2D eigenvalue weighted by atomic mass is 16.4. The van der Waals surface area contributed by atoms with E-state index in [1.165, 1.54) is 6.39 Å². The highest BCUT2D eigenvalue weighted by molar-refractivity contribution is 5.62. The fourth-order valence-electron chi connectivity index (χ4n) is 2.05. The monoisotopic (exact) mass is 269 g/mol. The summed E-state index contributed by atoms with van der Waals surface area (Å²) >= 11 is 0. The topological polar surface area (TPSA) is 68.8 Å². The van der Waals surface area contributed by atoms with Crippen LogP contribution in [0.4, 0.5) is 5.69 Å². The molecule has 20 heavy (non-hydrogen) atoms. The van der Waals surface area contributed by atoms with E-state index in [0.29, 0.717) is 5.89 Å². The summed E-state index contributed by atoms with van der Waals surface area (Å²) in [5.41, 5.74) is 4.28. The Balaban J connectivity index is 1.74. The van der Waals surface area contributed by atoms with Crippen LogP contribution in [0.3, 0.4) is 0 Å². The number of benzene rings is 1. The van der Waals surface area contributed by atoms with Crippen LogP contribution in [0.2, 0.25) is 0 Å². The molecule has 102 valence electrons. The van der Waals surface area contributed by atoms with E-state index in [-0.39, 0.29) is 0 Å². The molecule has 0 amide bonds. The van der Waals surface area contributed by atoms with Crippen LogP contribution in [0.1, 0.15) is 11.1 Å². The molecule has 2 heterocycles. The summed E-state index contributed by atoms with van der Waals surface area (Å²) in [6.07, 6.45) is 5.18. The molecule has 1 aromatic carbocycles. The summed E-state index contributed by atoms with van der Waals surface area (Å²) < 4.78 is 6.99. The summed E-state index contributed by atoms with van der Waals surface area (Å²) in [7, 11) is 1.91. The SMILES string of the molecule is Cc1cc(-c2nnco2)ccc1NCc1cnn(C)c1. The highest BCUT2D eigenvalue weighted by Crippen LogP contribution is 2.23. The predicted molar refractivity (Wildman–Crippen MR) is 75.0 cm³/mol. The molecule has 0 aliphatic heterocycles. The minimum absolute atomic E-state index is 0.534. The maximum Gasteiger partial charge on any atom is 0.247 e. The van der Waals surface area contributed by atoms with Gasteiger partial charge in [0.25, 0.3) is 0 Å². The van der Waals surface area contributed by atoms with Gasteiger partial charge in [0, 0.05) is 36.6 Å². The Labute approximate surface area is 116 Å². The second-order valence-electron chi connectivity index (χ2n) is 4.65. The number of nitrogens with one attached hydrogen (secondary N) is 1. The quantitative estimate of drug-likeness (QED) is 0.787. The van der Waals surface area contributed by atoms with Gasteiger partial charge in [-0.25, -0.2) is 0 Å². The van der Waals surface area contributed by atoms with Crippen LogP contribution in [0.15, 0.2) is 41.4 Å². The molecule has 6 nitrogen and oxygen atoms in total. The molecule has 0 fully saturated rings. The van der Waals surface area contributed by atoms with Crippen molar-refractivity contribution >= 4 is 5.69 Å². The molecule has 2 aromatic heterocycles. The van der Waals surface area contributed by atoms with Gasteiger partial charge in [-0.3, -0.25) is 4.68 Å². The van der Waals surface area contributed by atoms with E-state index >= 15 is 0 Å². The first kappa shape index (κ1) is 12.4. The third kappa shape index (κ3) is 2.54. The molecule has 0 atom stereocenters. The van der Waals surface area contributed by atoms with E-state index in [9.17, 15) is 0 Å². The summed E-state index contributed by atoms with van der Waals surface area (Å²) in [5.74, 6) is 0.534. The first-order valence-corrected chi connectivity index (χ1v) is 6.31. The average molecular weight is 269 g/mol. The smallest absolute Gasteiger partial charge is 0.247 e. The van der Waals surface area contributed by atoms with E-state index < -0.39 is 0 Å². The Morgan fingerprint density at radius 1 is 1.35 bits per heavy atom. The van der Waals surface area contributed by atoms with Crippen molar-refractivity contribution in [2.45, 2.75) is 13.5 Å². The number of rotatable bonds is 4. The van der Waals surface area contributed by atoms with Crippen molar-refractivity contribution in [2.75, 3.05) is 5.32 Å². The number of aromatic nitrogens is 4. The van der Waals surface area contributed by atoms with Crippen molar-refractivity contribution < 1.29 is 4.42 Å². The minimum Gasteiger partial charge on any atom is -0.423 e. The Morgan fingerprint density at radius 2 is 2.25 bits per heavy atom. The van der Waals surface area contributed by atoms with Crippen molar-refractivity contribution in [3.05, 3.63) is 48.1 Å². The van der Waals surface area contributed by atoms with Gasteiger partial charge in [-0.05, 0) is 30.7 Å². The van der Waals surface area contributed by atoms with E-state index in [1.54, 1.807) is 4.68 Å². The normalized spacial score (nSPS) is 10.7. The number of nitrogens with zero attached hydrogens (tertiary/aromatic N) is 4. The van der Waals surface area contributed by atoms with Gasteiger partial charge >= 0.3 is 0 Å². The second-order valence-corrected chi connectivity index (χ2v) is 4.65. The molecule has 0 unspecified atom stereocenters. The number of anilines is 1. The Hall–Kier alpha value is -2.63. The highest BCUT2D eigenvalue weighted by Gasteiger charge is 2.06. The lowest BCUT2D eigenvalue weighted by molar-refractivity contribution is 0.568. The Kier molecular flexibility index (Phi) is 3.20. The fraction of sp³-hybridized carbons (Fsp3) is 0.214. The van der Waals surface area contributed by atoms with Crippen molar-refractivity contribution in [1.82, 2.24) is 20.0 Å². The molecule has 0 bridgehead atoms. The van der Waals surface area contributed by atoms with Crippen molar-refractivity contribution in [1.29, 1.82) is 0 Å². The van der Waals surface area contributed by atoms with Crippen LogP contribution < -0.4 is 5.32 Å². The molecule has 6 heteroatoms. The zero-order chi connectivity index (χ0) is 13.9. The molecule has 0 saturated carbocycles. The molecule has 1 N–H and O–H groups in total. The summed E-state index contributed by atoms with van der Waals surface area (Å²) in [5, 5.41) is 15.1. The molecule has 0 spiro atoms. The van der Waals surface area contributed by atoms with E-state index in [1.807, 2.05) is 44.6 Å². The molecular weight excluding hydrogens is 254 g/mol. The molecular formula is C14H15N5O. The number of hydrogen-bond donors (Lipinski definition) is 1. The Morgan fingerprint density at radius 3 is 2.90 bits per heavy atom. The van der Waals surface area contributed by atoms with Crippen LogP contribution in [-0.4, -0.2) is 20.0 Å². The van der Waals surface area contributed by atoms with Crippen LogP contribution in [0, 0.1) is 6.92 Å². The average Bonchev–Trinajstić information content (AvgIpc) is 3.08. The fourth-order valence-corrected chi connectivity index (χ4v) is 2.05. The zero-order valence-corrected chi connectivity index (χ0v) is 11.4. The molecule has 3 aromatic rings. The Bertz CT molecular complexity index is 702. The molecule has 3 rings (SSSR count). The number of hydrogen-bond acceptors (Lipinski definition) is 5. The van der Waals surface area contributed by atoms with Crippen molar-refractivity contribution in [3.63, 3.8) is 0 Å². The van der Waals surface area contributed by atoms with Gasteiger partial charge in [0.1, 0.15) is 0 Å². The first-order valence-electron chi connectivity index (χ1n) is 6.31. The van der Waals surface area contributed by atoms with Gasteiger partial charge < -0.3 is 9.73 Å². The van der Waals surface area contributed by atoms with Crippen LogP contribution >= 0.6 is 0 Å².